The summed E-state index contributed by atoms with van der Waals surface area (Å²) < 4.78 is 5.50. The molecule has 80 valence electrons. The summed E-state index contributed by atoms with van der Waals surface area (Å²) in [6.07, 6.45) is 5.38. The van der Waals surface area contributed by atoms with Crippen molar-refractivity contribution in [3.05, 3.63) is 0 Å². The Morgan fingerprint density at radius 2 is 2.21 bits per heavy atom. The van der Waals surface area contributed by atoms with Gasteiger partial charge in [-0.25, -0.2) is 0 Å². The summed E-state index contributed by atoms with van der Waals surface area (Å²) in [5, 5.41) is 3.24. The molecule has 1 saturated heterocycles. The molecule has 1 aliphatic carbocycles. The molecule has 2 rings (SSSR count). The highest BCUT2D eigenvalue weighted by Gasteiger charge is 2.23. The molecule has 1 unspecified atom stereocenters. The molecule has 0 aromatic heterocycles. The molecule has 1 N–H and O–H groups in total. The van der Waals surface area contributed by atoms with Crippen molar-refractivity contribution in [3.8, 4) is 0 Å². The molecule has 14 heavy (non-hydrogen) atoms. The van der Waals surface area contributed by atoms with E-state index in [-0.39, 0.29) is 6.10 Å². The summed E-state index contributed by atoms with van der Waals surface area (Å²) in [4.78, 5) is 11.6. The van der Waals surface area contributed by atoms with Crippen LogP contribution in [-0.4, -0.2) is 31.6 Å². The van der Waals surface area contributed by atoms with Gasteiger partial charge >= 0.3 is 0 Å². The molecule has 0 amide bonds. The zero-order valence-electron chi connectivity index (χ0n) is 8.63. The Morgan fingerprint density at radius 3 is 2.79 bits per heavy atom. The van der Waals surface area contributed by atoms with Crippen molar-refractivity contribution in [2.75, 3.05) is 19.7 Å². The SMILES string of the molecule is O=C(CC1CCC1)CC1CNCCO1. The number of rotatable bonds is 4. The first-order valence-corrected chi connectivity index (χ1v) is 5.68. The van der Waals surface area contributed by atoms with Gasteiger partial charge in [-0.3, -0.25) is 4.79 Å². The topological polar surface area (TPSA) is 38.3 Å². The predicted octanol–water partition coefficient (Wildman–Crippen LogP) is 1.12. The first-order chi connectivity index (χ1) is 6.84. The Kier molecular flexibility index (Phi) is 3.54. The van der Waals surface area contributed by atoms with Crippen LogP contribution in [0.4, 0.5) is 0 Å². The van der Waals surface area contributed by atoms with Crippen LogP contribution in [0.2, 0.25) is 0 Å². The zero-order chi connectivity index (χ0) is 9.80. The lowest BCUT2D eigenvalue weighted by Gasteiger charge is -2.26. The van der Waals surface area contributed by atoms with Gasteiger partial charge in [0.15, 0.2) is 0 Å². The molecular formula is C11H19NO2. The number of morpholine rings is 1. The molecule has 2 aliphatic rings. The second-order valence-corrected chi connectivity index (χ2v) is 4.44. The van der Waals surface area contributed by atoms with Gasteiger partial charge in [0, 0.05) is 25.9 Å². The fourth-order valence-electron chi connectivity index (χ4n) is 2.11. The van der Waals surface area contributed by atoms with E-state index in [0.29, 0.717) is 18.1 Å². The molecule has 0 aromatic rings. The third-order valence-corrected chi connectivity index (χ3v) is 3.20. The predicted molar refractivity (Wildman–Crippen MR) is 54.2 cm³/mol. The molecule has 1 atom stereocenters. The molecule has 0 bridgehead atoms. The van der Waals surface area contributed by atoms with Crippen molar-refractivity contribution < 1.29 is 9.53 Å². The van der Waals surface area contributed by atoms with Crippen LogP contribution in [0.15, 0.2) is 0 Å². The van der Waals surface area contributed by atoms with Crippen molar-refractivity contribution >= 4 is 5.78 Å². The van der Waals surface area contributed by atoms with Gasteiger partial charge in [-0.2, -0.15) is 0 Å². The number of ketones is 1. The summed E-state index contributed by atoms with van der Waals surface area (Å²) in [7, 11) is 0. The van der Waals surface area contributed by atoms with E-state index in [4.69, 9.17) is 4.74 Å². The lowest BCUT2D eigenvalue weighted by molar-refractivity contribution is -0.123. The Hall–Kier alpha value is -0.410. The van der Waals surface area contributed by atoms with Gasteiger partial charge in [0.05, 0.1) is 12.7 Å². The van der Waals surface area contributed by atoms with Crippen molar-refractivity contribution in [2.45, 2.75) is 38.2 Å². The quantitative estimate of drug-likeness (QED) is 0.734. The second kappa shape index (κ2) is 4.89. The summed E-state index contributed by atoms with van der Waals surface area (Å²) in [6.45, 7) is 2.52. The number of ether oxygens (including phenoxy) is 1. The van der Waals surface area contributed by atoms with Crippen LogP contribution < -0.4 is 5.32 Å². The Balaban J connectivity index is 1.64. The van der Waals surface area contributed by atoms with Crippen molar-refractivity contribution in [3.63, 3.8) is 0 Å². The molecule has 1 saturated carbocycles. The van der Waals surface area contributed by atoms with Crippen molar-refractivity contribution in [2.24, 2.45) is 5.92 Å². The minimum absolute atomic E-state index is 0.135. The van der Waals surface area contributed by atoms with E-state index in [1.807, 2.05) is 0 Å². The Labute approximate surface area is 85.2 Å². The summed E-state index contributed by atoms with van der Waals surface area (Å²) >= 11 is 0. The van der Waals surface area contributed by atoms with Gasteiger partial charge in [-0.05, 0) is 5.92 Å². The summed E-state index contributed by atoms with van der Waals surface area (Å²) in [5.41, 5.74) is 0. The molecular weight excluding hydrogens is 178 g/mol. The molecule has 0 aromatic carbocycles. The first kappa shape index (κ1) is 10.1. The maximum Gasteiger partial charge on any atom is 0.135 e. The maximum atomic E-state index is 11.6. The molecule has 0 spiro atoms. The van der Waals surface area contributed by atoms with Crippen molar-refractivity contribution in [1.82, 2.24) is 5.32 Å². The van der Waals surface area contributed by atoms with E-state index in [1.54, 1.807) is 0 Å². The van der Waals surface area contributed by atoms with Crippen LogP contribution in [0.5, 0.6) is 0 Å². The molecule has 3 heteroatoms. The average Bonchev–Trinajstić information content (AvgIpc) is 2.13. The molecule has 2 fully saturated rings. The van der Waals surface area contributed by atoms with Crippen LogP contribution >= 0.6 is 0 Å². The molecule has 3 nitrogen and oxygen atoms in total. The summed E-state index contributed by atoms with van der Waals surface area (Å²) in [6, 6.07) is 0. The number of hydrogen-bond acceptors (Lipinski definition) is 3. The van der Waals surface area contributed by atoms with Gasteiger partial charge in [0.2, 0.25) is 0 Å². The smallest absolute Gasteiger partial charge is 0.135 e. The highest BCUT2D eigenvalue weighted by atomic mass is 16.5. The van der Waals surface area contributed by atoms with E-state index in [0.717, 1.165) is 26.1 Å². The standard InChI is InChI=1S/C11H19NO2/c13-10(6-9-2-1-3-9)7-11-8-12-4-5-14-11/h9,11-12H,1-8H2. The molecule has 0 radical (unpaired) electrons. The second-order valence-electron chi connectivity index (χ2n) is 4.44. The van der Waals surface area contributed by atoms with Gasteiger partial charge < -0.3 is 10.1 Å². The van der Waals surface area contributed by atoms with E-state index >= 15 is 0 Å². The van der Waals surface area contributed by atoms with E-state index in [1.165, 1.54) is 19.3 Å². The average molecular weight is 197 g/mol. The fourth-order valence-corrected chi connectivity index (χ4v) is 2.11. The van der Waals surface area contributed by atoms with Gasteiger partial charge in [-0.15, -0.1) is 0 Å². The highest BCUT2D eigenvalue weighted by Crippen LogP contribution is 2.30. The molecule has 1 aliphatic heterocycles. The van der Waals surface area contributed by atoms with Gasteiger partial charge in [0.25, 0.3) is 0 Å². The number of hydrogen-bond donors (Lipinski definition) is 1. The third-order valence-electron chi connectivity index (χ3n) is 3.20. The lowest BCUT2D eigenvalue weighted by atomic mass is 9.81. The minimum atomic E-state index is 0.135. The number of carbonyl (C=O) groups is 1. The number of Topliss-reactive ketones (excluding diaryl/α,β-unsaturated/α-hetero) is 1. The fraction of sp³-hybridized carbons (Fsp3) is 0.909. The van der Waals surface area contributed by atoms with Crippen molar-refractivity contribution in [1.29, 1.82) is 0 Å². The highest BCUT2D eigenvalue weighted by molar-refractivity contribution is 5.79. The Bertz CT molecular complexity index is 195. The van der Waals surface area contributed by atoms with Gasteiger partial charge in [-0.1, -0.05) is 19.3 Å². The minimum Gasteiger partial charge on any atom is -0.375 e. The van der Waals surface area contributed by atoms with Crippen LogP contribution in [0.3, 0.4) is 0 Å². The number of carbonyl (C=O) groups excluding carboxylic acids is 1. The van der Waals surface area contributed by atoms with E-state index in [2.05, 4.69) is 5.32 Å². The summed E-state index contributed by atoms with van der Waals surface area (Å²) in [5.74, 6) is 1.09. The normalized spacial score (nSPS) is 28.4. The Morgan fingerprint density at radius 1 is 1.36 bits per heavy atom. The first-order valence-electron chi connectivity index (χ1n) is 5.68. The van der Waals surface area contributed by atoms with E-state index < -0.39 is 0 Å². The van der Waals surface area contributed by atoms with Crippen LogP contribution in [0.25, 0.3) is 0 Å². The maximum absolute atomic E-state index is 11.6. The molecule has 1 heterocycles. The lowest BCUT2D eigenvalue weighted by Crippen LogP contribution is -2.39. The van der Waals surface area contributed by atoms with Crippen LogP contribution in [-0.2, 0) is 9.53 Å². The zero-order valence-corrected chi connectivity index (χ0v) is 8.63. The van der Waals surface area contributed by atoms with Crippen LogP contribution in [0, 0.1) is 5.92 Å². The largest absolute Gasteiger partial charge is 0.375 e. The monoisotopic (exact) mass is 197 g/mol. The third kappa shape index (κ3) is 2.79. The van der Waals surface area contributed by atoms with Gasteiger partial charge in [0.1, 0.15) is 5.78 Å². The number of nitrogens with one attached hydrogen (secondary N) is 1. The van der Waals surface area contributed by atoms with E-state index in [9.17, 15) is 4.79 Å². The van der Waals surface area contributed by atoms with Crippen LogP contribution in [0.1, 0.15) is 32.1 Å².